The van der Waals surface area contributed by atoms with E-state index in [4.69, 9.17) is 4.74 Å². The van der Waals surface area contributed by atoms with E-state index in [1.165, 1.54) is 18.3 Å². The maximum absolute atomic E-state index is 12.3. The van der Waals surface area contributed by atoms with Gasteiger partial charge in [0.2, 0.25) is 5.78 Å². The maximum atomic E-state index is 12.3. The number of imidazole rings is 1. The minimum Gasteiger partial charge on any atom is -0.457 e. The maximum Gasteiger partial charge on any atom is 0.312 e. The van der Waals surface area contributed by atoms with Gasteiger partial charge in [0.1, 0.15) is 0 Å². The fraction of sp³-hybridized carbons (Fsp3) is 0.294. The smallest absolute Gasteiger partial charge is 0.312 e. The van der Waals surface area contributed by atoms with E-state index in [-0.39, 0.29) is 24.6 Å². The first-order valence-corrected chi connectivity index (χ1v) is 8.54. The Morgan fingerprint density at radius 3 is 2.72 bits per heavy atom. The molecule has 3 aromatic heterocycles. The molecule has 3 heterocycles. The zero-order chi connectivity index (χ0) is 18.1. The number of Topliss-reactive ketones (excluding diaryl/α,β-unsaturated/α-hetero) is 2. The van der Waals surface area contributed by atoms with Crippen molar-refractivity contribution in [3.63, 3.8) is 0 Å². The molecule has 0 saturated carbocycles. The number of rotatable bonds is 6. The molecule has 1 N–H and O–H groups in total. The molecule has 0 spiro atoms. The number of H-pyrrole nitrogens is 1. The molecular formula is C17H17N3O4S. The van der Waals surface area contributed by atoms with Crippen molar-refractivity contribution in [3.05, 3.63) is 46.0 Å². The summed E-state index contributed by atoms with van der Waals surface area (Å²) in [4.78, 5) is 43.8. The van der Waals surface area contributed by atoms with Crippen molar-refractivity contribution in [2.75, 3.05) is 6.61 Å². The number of aryl methyl sites for hydroxylation is 1. The van der Waals surface area contributed by atoms with E-state index in [1.54, 1.807) is 20.0 Å². The highest BCUT2D eigenvalue weighted by atomic mass is 32.1. The summed E-state index contributed by atoms with van der Waals surface area (Å²) in [5, 5.41) is 1.90. The van der Waals surface area contributed by atoms with Crippen molar-refractivity contribution >= 4 is 33.8 Å². The Labute approximate surface area is 147 Å². The number of fused-ring (bicyclic) bond motifs is 1. The average Bonchev–Trinajstić information content (AvgIpc) is 3.18. The number of aromatic nitrogens is 3. The first-order valence-electron chi connectivity index (χ1n) is 7.66. The minimum absolute atomic E-state index is 0.00309. The van der Waals surface area contributed by atoms with E-state index >= 15 is 0 Å². The third kappa shape index (κ3) is 3.39. The molecular weight excluding hydrogens is 342 g/mol. The Morgan fingerprint density at radius 1 is 1.32 bits per heavy atom. The zero-order valence-corrected chi connectivity index (χ0v) is 14.9. The number of aromatic amines is 1. The molecule has 8 heteroatoms. The quantitative estimate of drug-likeness (QED) is 0.539. The molecule has 25 heavy (non-hydrogen) atoms. The van der Waals surface area contributed by atoms with Crippen LogP contribution in [0.5, 0.6) is 0 Å². The Balaban J connectivity index is 1.62. The normalized spacial score (nSPS) is 11.0. The van der Waals surface area contributed by atoms with E-state index < -0.39 is 5.97 Å². The minimum atomic E-state index is -0.521. The van der Waals surface area contributed by atoms with Crippen molar-refractivity contribution in [2.24, 2.45) is 0 Å². The van der Waals surface area contributed by atoms with E-state index in [1.807, 2.05) is 16.0 Å². The van der Waals surface area contributed by atoms with Crippen LogP contribution in [0, 0.1) is 13.8 Å². The average molecular weight is 359 g/mol. The Kier molecular flexibility index (Phi) is 4.54. The van der Waals surface area contributed by atoms with Crippen molar-refractivity contribution in [1.82, 2.24) is 14.4 Å². The predicted octanol–water partition coefficient (Wildman–Crippen LogP) is 2.51. The Hall–Kier alpha value is -2.74. The van der Waals surface area contributed by atoms with Gasteiger partial charge in [0.15, 0.2) is 17.4 Å². The van der Waals surface area contributed by atoms with Gasteiger partial charge >= 0.3 is 5.97 Å². The number of thiazole rings is 1. The first kappa shape index (κ1) is 17.1. The lowest BCUT2D eigenvalue weighted by atomic mass is 10.1. The second-order valence-electron chi connectivity index (χ2n) is 5.77. The van der Waals surface area contributed by atoms with Gasteiger partial charge in [-0.1, -0.05) is 0 Å². The first-order chi connectivity index (χ1) is 11.9. The Morgan fingerprint density at radius 2 is 2.08 bits per heavy atom. The second-order valence-corrected chi connectivity index (χ2v) is 6.64. The number of hydrogen-bond donors (Lipinski definition) is 1. The lowest BCUT2D eigenvalue weighted by molar-refractivity contribution is -0.141. The standard InChI is InChI=1S/C17H17N3O4S/c1-9-15(11(3)21)10(2)18-16(9)13(22)8-24-14(23)6-12-7-20-4-5-25-17(20)19-12/h4-5,7,18H,6,8H2,1-3H3. The van der Waals surface area contributed by atoms with Gasteiger partial charge in [-0.05, 0) is 26.3 Å². The summed E-state index contributed by atoms with van der Waals surface area (Å²) in [6.07, 6.45) is 3.62. The highest BCUT2D eigenvalue weighted by Crippen LogP contribution is 2.19. The van der Waals surface area contributed by atoms with Gasteiger partial charge in [0, 0.05) is 29.0 Å². The zero-order valence-electron chi connectivity index (χ0n) is 14.1. The molecule has 0 aliphatic rings. The largest absolute Gasteiger partial charge is 0.457 e. The molecule has 3 rings (SSSR count). The molecule has 0 aliphatic heterocycles. The lowest BCUT2D eigenvalue weighted by Crippen LogP contribution is -2.17. The van der Waals surface area contributed by atoms with E-state index in [2.05, 4.69) is 9.97 Å². The van der Waals surface area contributed by atoms with Gasteiger partial charge in [0.05, 0.1) is 17.8 Å². The monoisotopic (exact) mass is 359 g/mol. The van der Waals surface area contributed by atoms with E-state index in [0.29, 0.717) is 28.2 Å². The van der Waals surface area contributed by atoms with Crippen molar-refractivity contribution in [3.8, 4) is 0 Å². The van der Waals surface area contributed by atoms with Crippen molar-refractivity contribution < 1.29 is 19.1 Å². The summed E-state index contributed by atoms with van der Waals surface area (Å²) < 4.78 is 6.89. The molecule has 3 aromatic rings. The lowest BCUT2D eigenvalue weighted by Gasteiger charge is -2.03. The molecule has 0 aliphatic carbocycles. The number of ether oxygens (including phenoxy) is 1. The third-order valence-electron chi connectivity index (χ3n) is 3.90. The molecule has 130 valence electrons. The van der Waals surface area contributed by atoms with Crippen LogP contribution in [-0.2, 0) is 16.0 Å². The van der Waals surface area contributed by atoms with Gasteiger partial charge in [-0.15, -0.1) is 11.3 Å². The van der Waals surface area contributed by atoms with Crippen molar-refractivity contribution in [2.45, 2.75) is 27.2 Å². The second kappa shape index (κ2) is 6.64. The molecule has 0 radical (unpaired) electrons. The molecule has 0 amide bonds. The van der Waals surface area contributed by atoms with Crippen LogP contribution >= 0.6 is 11.3 Å². The van der Waals surface area contributed by atoms with Gasteiger partial charge < -0.3 is 9.72 Å². The van der Waals surface area contributed by atoms with Crippen LogP contribution in [0.1, 0.15) is 44.7 Å². The van der Waals surface area contributed by atoms with Crippen LogP contribution in [0.25, 0.3) is 4.96 Å². The third-order valence-corrected chi connectivity index (χ3v) is 4.67. The summed E-state index contributed by atoms with van der Waals surface area (Å²) in [5.74, 6) is -0.999. The molecule has 0 aromatic carbocycles. The number of carbonyl (C=O) groups is 3. The molecule has 7 nitrogen and oxygen atoms in total. The van der Waals surface area contributed by atoms with E-state index in [0.717, 1.165) is 4.96 Å². The number of nitrogens with one attached hydrogen (secondary N) is 1. The van der Waals surface area contributed by atoms with Gasteiger partial charge in [-0.25, -0.2) is 4.98 Å². The summed E-state index contributed by atoms with van der Waals surface area (Å²) in [7, 11) is 0. The van der Waals surface area contributed by atoms with Gasteiger partial charge in [0.25, 0.3) is 0 Å². The fourth-order valence-electron chi connectivity index (χ4n) is 2.84. The van der Waals surface area contributed by atoms with E-state index in [9.17, 15) is 14.4 Å². The fourth-order valence-corrected chi connectivity index (χ4v) is 3.55. The molecule has 0 unspecified atom stereocenters. The van der Waals surface area contributed by atoms with Crippen molar-refractivity contribution in [1.29, 1.82) is 0 Å². The van der Waals surface area contributed by atoms with Crippen LogP contribution in [-0.4, -0.2) is 38.5 Å². The number of esters is 1. The number of ketones is 2. The SMILES string of the molecule is CC(=O)c1c(C)[nH]c(C(=O)COC(=O)Cc2cn3ccsc3n2)c1C. The molecule has 0 fully saturated rings. The summed E-state index contributed by atoms with van der Waals surface area (Å²) >= 11 is 1.47. The molecule has 0 bridgehead atoms. The number of carbonyl (C=O) groups excluding carboxylic acids is 3. The number of hydrogen-bond acceptors (Lipinski definition) is 6. The Bertz CT molecular complexity index is 951. The topological polar surface area (TPSA) is 93.5 Å². The van der Waals surface area contributed by atoms with Crippen LogP contribution in [0.4, 0.5) is 0 Å². The highest BCUT2D eigenvalue weighted by Gasteiger charge is 2.21. The van der Waals surface area contributed by atoms with Gasteiger partial charge in [-0.3, -0.25) is 18.8 Å². The summed E-state index contributed by atoms with van der Waals surface area (Å²) in [5.41, 5.74) is 2.62. The van der Waals surface area contributed by atoms with Gasteiger partial charge in [-0.2, -0.15) is 0 Å². The molecule has 0 saturated heterocycles. The summed E-state index contributed by atoms with van der Waals surface area (Å²) in [6.45, 7) is 4.51. The van der Waals surface area contributed by atoms with Crippen LogP contribution in [0.15, 0.2) is 17.8 Å². The highest BCUT2D eigenvalue weighted by molar-refractivity contribution is 7.15. The van der Waals surface area contributed by atoms with Crippen LogP contribution in [0.2, 0.25) is 0 Å². The summed E-state index contributed by atoms with van der Waals surface area (Å²) in [6, 6.07) is 0. The predicted molar refractivity (Wildman–Crippen MR) is 92.3 cm³/mol. The molecule has 0 atom stereocenters. The van der Waals surface area contributed by atoms with Crippen LogP contribution in [0.3, 0.4) is 0 Å². The van der Waals surface area contributed by atoms with Crippen LogP contribution < -0.4 is 0 Å². The number of nitrogens with zero attached hydrogens (tertiary/aromatic N) is 2.